The Morgan fingerprint density at radius 1 is 1.29 bits per heavy atom. The van der Waals surface area contributed by atoms with Crippen molar-refractivity contribution in [2.24, 2.45) is 10.9 Å². The smallest absolute Gasteiger partial charge is 0.191 e. The summed E-state index contributed by atoms with van der Waals surface area (Å²) in [5, 5.41) is 6.75. The summed E-state index contributed by atoms with van der Waals surface area (Å²) in [5.41, 5.74) is 2.33. The molecule has 1 heterocycles. The third kappa shape index (κ3) is 5.13. The van der Waals surface area contributed by atoms with E-state index in [1.165, 1.54) is 18.4 Å². The van der Waals surface area contributed by atoms with Gasteiger partial charge in [-0.1, -0.05) is 12.1 Å². The molecule has 1 aromatic rings. The van der Waals surface area contributed by atoms with Crippen molar-refractivity contribution in [1.29, 1.82) is 0 Å². The number of rotatable bonds is 7. The van der Waals surface area contributed by atoms with E-state index in [0.29, 0.717) is 13.2 Å². The van der Waals surface area contributed by atoms with Crippen LogP contribution in [0.15, 0.2) is 23.2 Å². The minimum absolute atomic E-state index is 0.163. The summed E-state index contributed by atoms with van der Waals surface area (Å²) in [4.78, 5) is 4.73. The normalized spacial score (nSPS) is 20.9. The Morgan fingerprint density at radius 2 is 2.17 bits per heavy atom. The van der Waals surface area contributed by atoms with Crippen LogP contribution in [0.4, 0.5) is 0 Å². The second kappa shape index (κ2) is 8.38. The van der Waals surface area contributed by atoms with Crippen LogP contribution in [0.25, 0.3) is 0 Å². The van der Waals surface area contributed by atoms with E-state index in [1.54, 1.807) is 0 Å². The van der Waals surface area contributed by atoms with Gasteiger partial charge in [-0.3, -0.25) is 0 Å². The van der Waals surface area contributed by atoms with Crippen molar-refractivity contribution in [2.75, 3.05) is 26.3 Å². The van der Waals surface area contributed by atoms with E-state index in [0.717, 1.165) is 49.3 Å². The van der Waals surface area contributed by atoms with Crippen molar-refractivity contribution in [3.05, 3.63) is 29.3 Å². The highest BCUT2D eigenvalue weighted by Crippen LogP contribution is 2.27. The third-order valence-corrected chi connectivity index (χ3v) is 4.41. The maximum Gasteiger partial charge on any atom is 0.191 e. The summed E-state index contributed by atoms with van der Waals surface area (Å²) in [5.74, 6) is 2.65. The number of hydrogen-bond donors (Lipinski definition) is 2. The first-order valence-corrected chi connectivity index (χ1v) is 9.10. The topological polar surface area (TPSA) is 54.9 Å². The Bertz CT molecular complexity index is 564. The van der Waals surface area contributed by atoms with Crippen LogP contribution in [0.3, 0.4) is 0 Å². The molecule has 24 heavy (non-hydrogen) atoms. The molecule has 1 aliphatic carbocycles. The maximum absolute atomic E-state index is 6.15. The first-order valence-electron chi connectivity index (χ1n) is 9.10. The fourth-order valence-electron chi connectivity index (χ4n) is 2.76. The molecule has 5 heteroatoms. The zero-order valence-electron chi connectivity index (χ0n) is 14.8. The number of nitrogens with one attached hydrogen (secondary N) is 2. The average Bonchev–Trinajstić information content (AvgIpc) is 3.27. The molecule has 1 aromatic carbocycles. The van der Waals surface area contributed by atoms with Gasteiger partial charge in [-0.2, -0.15) is 0 Å². The number of nitrogens with zero attached hydrogens (tertiary/aromatic N) is 1. The summed E-state index contributed by atoms with van der Waals surface area (Å²) in [6.07, 6.45) is 3.80. The Hall–Kier alpha value is -1.75. The Morgan fingerprint density at radius 3 is 2.88 bits per heavy atom. The Kier molecular flexibility index (Phi) is 5.96. The standard InChI is InChI=1S/C19H29N3O2/c1-3-20-19(21-11-15-5-6-15)22-12-16-7-4-14(2)10-18(16)24-17-8-9-23-13-17/h4,7,10,15,17H,3,5-6,8-9,11-13H2,1-2H3,(H2,20,21,22). The molecule has 1 atom stereocenters. The van der Waals surface area contributed by atoms with E-state index in [9.17, 15) is 0 Å². The SMILES string of the molecule is CCNC(=NCc1ccc(C)cc1OC1CCOC1)NCC1CC1. The molecule has 1 saturated carbocycles. The van der Waals surface area contributed by atoms with Gasteiger partial charge in [0.1, 0.15) is 11.9 Å². The predicted octanol–water partition coefficient (Wildman–Crippen LogP) is 2.63. The largest absolute Gasteiger partial charge is 0.488 e. The fourth-order valence-corrected chi connectivity index (χ4v) is 2.76. The van der Waals surface area contributed by atoms with Gasteiger partial charge in [0.05, 0.1) is 19.8 Å². The molecule has 0 aromatic heterocycles. The molecule has 0 spiro atoms. The number of guanidine groups is 1. The summed E-state index contributed by atoms with van der Waals surface area (Å²) < 4.78 is 11.6. The van der Waals surface area contributed by atoms with Crippen LogP contribution in [-0.2, 0) is 11.3 Å². The first kappa shape index (κ1) is 17.1. The lowest BCUT2D eigenvalue weighted by atomic mass is 10.1. The van der Waals surface area contributed by atoms with Crippen molar-refractivity contribution in [3.8, 4) is 5.75 Å². The monoisotopic (exact) mass is 331 g/mol. The molecule has 0 radical (unpaired) electrons. The predicted molar refractivity (Wildman–Crippen MR) is 96.6 cm³/mol. The van der Waals surface area contributed by atoms with Crippen molar-refractivity contribution in [3.63, 3.8) is 0 Å². The minimum Gasteiger partial charge on any atom is -0.488 e. The minimum atomic E-state index is 0.163. The lowest BCUT2D eigenvalue weighted by Gasteiger charge is -2.16. The molecule has 2 N–H and O–H groups in total. The molecule has 1 saturated heterocycles. The summed E-state index contributed by atoms with van der Waals surface area (Å²) >= 11 is 0. The van der Waals surface area contributed by atoms with E-state index >= 15 is 0 Å². The molecule has 3 rings (SSSR count). The molecule has 132 valence electrons. The Balaban J connectivity index is 1.65. The third-order valence-electron chi connectivity index (χ3n) is 4.41. The lowest BCUT2D eigenvalue weighted by Crippen LogP contribution is -2.38. The quantitative estimate of drug-likeness (QED) is 0.596. The van der Waals surface area contributed by atoms with Crippen molar-refractivity contribution in [1.82, 2.24) is 10.6 Å². The van der Waals surface area contributed by atoms with Crippen molar-refractivity contribution < 1.29 is 9.47 Å². The molecule has 1 unspecified atom stereocenters. The number of aryl methyl sites for hydroxylation is 1. The number of aliphatic imine (C=N–C) groups is 1. The van der Waals surface area contributed by atoms with Gasteiger partial charge in [-0.15, -0.1) is 0 Å². The molecule has 0 bridgehead atoms. The molecular weight excluding hydrogens is 302 g/mol. The average molecular weight is 331 g/mol. The van der Waals surface area contributed by atoms with Crippen LogP contribution in [-0.4, -0.2) is 38.4 Å². The van der Waals surface area contributed by atoms with E-state index in [-0.39, 0.29) is 6.10 Å². The zero-order chi connectivity index (χ0) is 16.8. The highest BCUT2D eigenvalue weighted by molar-refractivity contribution is 5.79. The Labute approximate surface area is 144 Å². The van der Waals surface area contributed by atoms with Gasteiger partial charge in [0.15, 0.2) is 5.96 Å². The van der Waals surface area contributed by atoms with Gasteiger partial charge in [-0.05, 0) is 44.2 Å². The van der Waals surface area contributed by atoms with Crippen LogP contribution in [0.5, 0.6) is 5.75 Å². The van der Waals surface area contributed by atoms with Crippen molar-refractivity contribution in [2.45, 2.75) is 45.8 Å². The van der Waals surface area contributed by atoms with Crippen LogP contribution < -0.4 is 15.4 Å². The van der Waals surface area contributed by atoms with Crippen molar-refractivity contribution >= 4 is 5.96 Å². The van der Waals surface area contributed by atoms with E-state index in [1.807, 2.05) is 0 Å². The molecular formula is C19H29N3O2. The summed E-state index contributed by atoms with van der Waals surface area (Å²) in [6.45, 7) is 8.15. The fraction of sp³-hybridized carbons (Fsp3) is 0.632. The van der Waals surface area contributed by atoms with Crippen LogP contribution in [0.1, 0.15) is 37.3 Å². The van der Waals surface area contributed by atoms with Gasteiger partial charge in [0.25, 0.3) is 0 Å². The number of hydrogen-bond acceptors (Lipinski definition) is 3. The molecule has 5 nitrogen and oxygen atoms in total. The molecule has 1 aliphatic heterocycles. The van der Waals surface area contributed by atoms with Crippen LogP contribution in [0.2, 0.25) is 0 Å². The summed E-state index contributed by atoms with van der Waals surface area (Å²) in [6, 6.07) is 6.34. The van der Waals surface area contributed by atoms with Gasteiger partial charge < -0.3 is 20.1 Å². The number of benzene rings is 1. The zero-order valence-corrected chi connectivity index (χ0v) is 14.8. The van der Waals surface area contributed by atoms with E-state index < -0.39 is 0 Å². The lowest BCUT2D eigenvalue weighted by molar-refractivity contribution is 0.140. The highest BCUT2D eigenvalue weighted by atomic mass is 16.5. The number of ether oxygens (including phenoxy) is 2. The van der Waals surface area contributed by atoms with Crippen LogP contribution in [0, 0.1) is 12.8 Å². The van der Waals surface area contributed by atoms with E-state index in [4.69, 9.17) is 14.5 Å². The van der Waals surface area contributed by atoms with Gasteiger partial charge in [0.2, 0.25) is 0 Å². The van der Waals surface area contributed by atoms with Gasteiger partial charge >= 0.3 is 0 Å². The highest BCUT2D eigenvalue weighted by Gasteiger charge is 2.21. The molecule has 2 fully saturated rings. The van der Waals surface area contributed by atoms with Gasteiger partial charge in [-0.25, -0.2) is 4.99 Å². The molecule has 0 amide bonds. The second-order valence-electron chi connectivity index (χ2n) is 6.73. The summed E-state index contributed by atoms with van der Waals surface area (Å²) in [7, 11) is 0. The maximum atomic E-state index is 6.15. The first-order chi connectivity index (χ1) is 11.7. The second-order valence-corrected chi connectivity index (χ2v) is 6.73. The van der Waals surface area contributed by atoms with Gasteiger partial charge in [0, 0.05) is 25.1 Å². The van der Waals surface area contributed by atoms with Crippen LogP contribution >= 0.6 is 0 Å². The van der Waals surface area contributed by atoms with E-state index in [2.05, 4.69) is 42.7 Å². The molecule has 2 aliphatic rings.